The summed E-state index contributed by atoms with van der Waals surface area (Å²) in [5, 5.41) is 3.45. The average Bonchev–Trinajstić information content (AvgIpc) is 2.43. The fourth-order valence-corrected chi connectivity index (χ4v) is 3.77. The van der Waals surface area contributed by atoms with Crippen LogP contribution in [-0.4, -0.2) is 61.6 Å². The number of carbonyl (C=O) groups excluding carboxylic acids is 2. The zero-order valence-electron chi connectivity index (χ0n) is 12.2. The van der Waals surface area contributed by atoms with Gasteiger partial charge in [0.2, 0.25) is 5.91 Å². The summed E-state index contributed by atoms with van der Waals surface area (Å²) >= 11 is 1.64. The van der Waals surface area contributed by atoms with Crippen LogP contribution in [0.5, 0.6) is 0 Å². The molecule has 0 radical (unpaired) electrons. The van der Waals surface area contributed by atoms with Crippen molar-refractivity contribution in [1.29, 1.82) is 0 Å². The number of hydrogen-bond acceptors (Lipinski definition) is 5. The number of nitrogens with one attached hydrogen (secondary N) is 1. The topological polar surface area (TPSA) is 58.6 Å². The Balaban J connectivity index is 2.58. The van der Waals surface area contributed by atoms with Crippen molar-refractivity contribution in [2.24, 2.45) is 0 Å². The first-order valence-corrected chi connectivity index (χ1v) is 7.59. The Hall–Kier alpha value is -0.750. The van der Waals surface area contributed by atoms with E-state index in [1.165, 1.54) is 7.11 Å². The summed E-state index contributed by atoms with van der Waals surface area (Å²) in [4.78, 5) is 25.1. The van der Waals surface area contributed by atoms with Gasteiger partial charge in [0.05, 0.1) is 12.9 Å². The lowest BCUT2D eigenvalue weighted by molar-refractivity contribution is -0.149. The first-order valence-electron chi connectivity index (χ1n) is 6.54. The van der Waals surface area contributed by atoms with Crippen molar-refractivity contribution in [2.75, 3.05) is 34.0 Å². The fourth-order valence-electron chi connectivity index (χ4n) is 2.39. The van der Waals surface area contributed by atoms with E-state index >= 15 is 0 Å². The number of likely N-dealkylation sites (N-methyl/N-ethyl adjacent to an activating group) is 1. The number of hydrogen-bond donors (Lipinski definition) is 1. The highest BCUT2D eigenvalue weighted by Crippen LogP contribution is 2.35. The van der Waals surface area contributed by atoms with Crippen molar-refractivity contribution >= 4 is 23.6 Å². The molecule has 19 heavy (non-hydrogen) atoms. The van der Waals surface area contributed by atoms with Crippen molar-refractivity contribution in [3.05, 3.63) is 0 Å². The number of rotatable bonds is 5. The maximum absolute atomic E-state index is 11.9. The zero-order valence-corrected chi connectivity index (χ0v) is 13.0. The van der Waals surface area contributed by atoms with Crippen LogP contribution in [0.1, 0.15) is 25.7 Å². The van der Waals surface area contributed by atoms with E-state index in [1.54, 1.807) is 37.8 Å². The molecule has 1 aliphatic carbocycles. The number of nitrogens with zero attached hydrogens (tertiary/aromatic N) is 1. The third kappa shape index (κ3) is 4.11. The molecule has 0 spiro atoms. The number of carbonyl (C=O) groups is 2. The molecule has 0 aromatic heterocycles. The summed E-state index contributed by atoms with van der Waals surface area (Å²) in [6.45, 7) is 0. The van der Waals surface area contributed by atoms with Crippen molar-refractivity contribution < 1.29 is 14.3 Å². The van der Waals surface area contributed by atoms with E-state index in [1.807, 2.05) is 0 Å². The number of thioether (sulfide) groups is 1. The molecular formula is C13H24N2O3S. The second-order valence-corrected chi connectivity index (χ2v) is 6.43. The Morgan fingerprint density at radius 2 is 2.16 bits per heavy atom. The molecule has 6 heteroatoms. The number of methoxy groups -OCH3 is 1. The molecule has 0 heterocycles. The molecule has 1 amide bonds. The molecular weight excluding hydrogens is 264 g/mol. The molecule has 0 aliphatic heterocycles. The molecule has 1 fully saturated rings. The second kappa shape index (κ2) is 7.14. The Labute approximate surface area is 119 Å². The van der Waals surface area contributed by atoms with E-state index in [0.29, 0.717) is 11.0 Å². The molecule has 1 aliphatic rings. The highest BCUT2D eigenvalue weighted by molar-refractivity contribution is 8.00. The van der Waals surface area contributed by atoms with Crippen LogP contribution in [0, 0.1) is 0 Å². The molecule has 0 bridgehead atoms. The molecule has 1 N–H and O–H groups in total. The highest BCUT2D eigenvalue weighted by Gasteiger charge is 2.42. The number of amides is 1. The van der Waals surface area contributed by atoms with Gasteiger partial charge in [0.1, 0.15) is 5.54 Å². The predicted molar refractivity (Wildman–Crippen MR) is 77.2 cm³/mol. The minimum atomic E-state index is -0.578. The van der Waals surface area contributed by atoms with Crippen molar-refractivity contribution in [3.8, 4) is 0 Å². The summed E-state index contributed by atoms with van der Waals surface area (Å²) < 4.78 is 4.91. The Morgan fingerprint density at radius 1 is 1.47 bits per heavy atom. The average molecular weight is 288 g/mol. The van der Waals surface area contributed by atoms with Crippen LogP contribution in [0.3, 0.4) is 0 Å². The lowest BCUT2D eigenvalue weighted by atomic mass is 9.81. The smallest absolute Gasteiger partial charge is 0.326 e. The molecule has 2 atom stereocenters. The monoisotopic (exact) mass is 288 g/mol. The van der Waals surface area contributed by atoms with E-state index in [9.17, 15) is 9.59 Å². The quantitative estimate of drug-likeness (QED) is 0.761. The van der Waals surface area contributed by atoms with Gasteiger partial charge in [0.15, 0.2) is 0 Å². The van der Waals surface area contributed by atoms with Gasteiger partial charge in [-0.2, -0.15) is 0 Å². The van der Waals surface area contributed by atoms with Gasteiger partial charge < -0.3 is 15.0 Å². The van der Waals surface area contributed by atoms with Gasteiger partial charge >= 0.3 is 5.97 Å². The van der Waals surface area contributed by atoms with E-state index in [0.717, 1.165) is 25.7 Å². The van der Waals surface area contributed by atoms with Gasteiger partial charge in [0, 0.05) is 19.3 Å². The number of esters is 1. The van der Waals surface area contributed by atoms with Crippen molar-refractivity contribution in [1.82, 2.24) is 10.2 Å². The second-order valence-electron chi connectivity index (χ2n) is 5.14. The van der Waals surface area contributed by atoms with Gasteiger partial charge in [-0.05, 0) is 32.7 Å². The maximum Gasteiger partial charge on any atom is 0.326 e. The predicted octanol–water partition coefficient (Wildman–Crippen LogP) is 0.882. The first-order chi connectivity index (χ1) is 8.95. The van der Waals surface area contributed by atoms with E-state index in [2.05, 4.69) is 5.32 Å². The molecule has 0 aromatic rings. The third-order valence-electron chi connectivity index (χ3n) is 3.70. The van der Waals surface area contributed by atoms with Gasteiger partial charge in [0.25, 0.3) is 0 Å². The summed E-state index contributed by atoms with van der Waals surface area (Å²) in [7, 11) is 6.74. The summed E-state index contributed by atoms with van der Waals surface area (Å²) in [5.74, 6) is 0.390. The van der Waals surface area contributed by atoms with Crippen molar-refractivity contribution in [3.63, 3.8) is 0 Å². The minimum absolute atomic E-state index is 0.115. The van der Waals surface area contributed by atoms with Crippen LogP contribution in [0.15, 0.2) is 0 Å². The molecule has 1 rings (SSSR count). The summed E-state index contributed by atoms with van der Waals surface area (Å²) in [6, 6.07) is 0. The van der Waals surface area contributed by atoms with Crippen LogP contribution >= 0.6 is 11.8 Å². The molecule has 1 saturated carbocycles. The van der Waals surface area contributed by atoms with E-state index < -0.39 is 5.54 Å². The van der Waals surface area contributed by atoms with Crippen LogP contribution in [0.25, 0.3) is 0 Å². The fraction of sp³-hybridized carbons (Fsp3) is 0.846. The van der Waals surface area contributed by atoms with Crippen LogP contribution in [0.2, 0.25) is 0 Å². The minimum Gasteiger partial charge on any atom is -0.468 e. The van der Waals surface area contributed by atoms with E-state index in [-0.39, 0.29) is 11.9 Å². The van der Waals surface area contributed by atoms with Gasteiger partial charge in [-0.15, -0.1) is 11.8 Å². The normalized spacial score (nSPS) is 26.8. The highest BCUT2D eigenvalue weighted by atomic mass is 32.2. The standard InChI is InChI=1S/C13H24N2O3S/c1-14-13(12(17)18-4)7-5-6-10(8-13)19-9-11(16)15(2)3/h10,14H,5-9H2,1-4H3. The number of ether oxygens (including phenoxy) is 1. The third-order valence-corrected chi connectivity index (χ3v) is 4.99. The molecule has 110 valence electrons. The Morgan fingerprint density at radius 3 is 2.68 bits per heavy atom. The Kier molecular flexibility index (Phi) is 6.13. The zero-order chi connectivity index (χ0) is 14.5. The van der Waals surface area contributed by atoms with E-state index in [4.69, 9.17) is 4.74 Å². The molecule has 0 aromatic carbocycles. The molecule has 0 saturated heterocycles. The molecule has 5 nitrogen and oxygen atoms in total. The van der Waals surface area contributed by atoms with Crippen LogP contribution < -0.4 is 5.32 Å². The summed E-state index contributed by atoms with van der Waals surface area (Å²) in [6.07, 6.45) is 3.55. The SMILES string of the molecule is CNC1(C(=O)OC)CCCC(SCC(=O)N(C)C)C1. The maximum atomic E-state index is 11.9. The first kappa shape index (κ1) is 16.3. The summed E-state index contributed by atoms with van der Waals surface area (Å²) in [5.41, 5.74) is -0.578. The lowest BCUT2D eigenvalue weighted by Gasteiger charge is -2.38. The lowest BCUT2D eigenvalue weighted by Crippen LogP contribution is -2.54. The van der Waals surface area contributed by atoms with Gasteiger partial charge in [-0.3, -0.25) is 9.59 Å². The molecule has 2 unspecified atom stereocenters. The van der Waals surface area contributed by atoms with Crippen molar-refractivity contribution in [2.45, 2.75) is 36.5 Å². The van der Waals surface area contributed by atoms with Crippen LogP contribution in [0.4, 0.5) is 0 Å². The Bertz CT molecular complexity index is 336. The van der Waals surface area contributed by atoms with Gasteiger partial charge in [-0.1, -0.05) is 0 Å². The van der Waals surface area contributed by atoms with Gasteiger partial charge in [-0.25, -0.2) is 0 Å². The van der Waals surface area contributed by atoms with Crippen LogP contribution in [-0.2, 0) is 14.3 Å². The largest absolute Gasteiger partial charge is 0.468 e.